The van der Waals surface area contributed by atoms with Crippen LogP contribution < -0.4 is 0 Å². The second kappa shape index (κ2) is 8.80. The largest absolute Gasteiger partial charge is 0.456 e. The van der Waals surface area contributed by atoms with Gasteiger partial charge in [0, 0.05) is 35.0 Å². The van der Waals surface area contributed by atoms with E-state index in [9.17, 15) is 14.4 Å². The maximum Gasteiger partial charge on any atom is 0.305 e. The molecule has 0 saturated carbocycles. The van der Waals surface area contributed by atoms with Gasteiger partial charge in [-0.15, -0.1) is 0 Å². The van der Waals surface area contributed by atoms with Crippen molar-refractivity contribution in [1.29, 1.82) is 0 Å². The zero-order valence-electron chi connectivity index (χ0n) is 13.8. The molecule has 0 aromatic rings. The predicted octanol–water partition coefficient (Wildman–Crippen LogP) is -0.201. The highest BCUT2D eigenvalue weighted by atomic mass is 16.7. The predicted molar refractivity (Wildman–Crippen MR) is 74.2 cm³/mol. The third kappa shape index (κ3) is 5.45. The summed E-state index contributed by atoms with van der Waals surface area (Å²) in [5.41, 5.74) is 0. The summed E-state index contributed by atoms with van der Waals surface area (Å²) in [6.07, 6.45) is -4.87. The van der Waals surface area contributed by atoms with E-state index >= 15 is 0 Å². The van der Waals surface area contributed by atoms with Crippen LogP contribution in [0.25, 0.3) is 0 Å². The molecule has 0 N–H and O–H groups in total. The van der Waals surface area contributed by atoms with Crippen LogP contribution in [0, 0.1) is 0 Å². The van der Waals surface area contributed by atoms with Crippen molar-refractivity contribution >= 4 is 17.9 Å². The highest BCUT2D eigenvalue weighted by Crippen LogP contribution is 2.29. The molecule has 1 aliphatic rings. The first-order valence-electron chi connectivity index (χ1n) is 6.99. The Morgan fingerprint density at radius 3 is 1.78 bits per heavy atom. The van der Waals surface area contributed by atoms with Gasteiger partial charge in [-0.25, -0.2) is 0 Å². The quantitative estimate of drug-likeness (QED) is 0.482. The summed E-state index contributed by atoms with van der Waals surface area (Å²) < 4.78 is 31.4. The summed E-state index contributed by atoms with van der Waals surface area (Å²) >= 11 is 0. The number of hydrogen-bond acceptors (Lipinski definition) is 9. The first-order chi connectivity index (χ1) is 10.8. The van der Waals surface area contributed by atoms with Gasteiger partial charge in [0.25, 0.3) is 0 Å². The Labute approximate surface area is 134 Å². The van der Waals surface area contributed by atoms with Gasteiger partial charge in [0.05, 0.1) is 6.61 Å². The maximum absolute atomic E-state index is 11.4. The van der Waals surface area contributed by atoms with Crippen LogP contribution in [-0.2, 0) is 42.8 Å². The van der Waals surface area contributed by atoms with Crippen LogP contribution in [0.3, 0.4) is 0 Å². The zero-order valence-corrected chi connectivity index (χ0v) is 13.8. The highest BCUT2D eigenvalue weighted by molar-refractivity contribution is 5.68. The summed E-state index contributed by atoms with van der Waals surface area (Å²) in [7, 11) is 2.76. The molecule has 1 fully saturated rings. The molecule has 1 aliphatic heterocycles. The molecule has 0 radical (unpaired) electrons. The van der Waals surface area contributed by atoms with Crippen LogP contribution in [0.15, 0.2) is 0 Å². The molecule has 0 aromatic heterocycles. The lowest BCUT2D eigenvalue weighted by molar-refractivity contribution is -0.301. The molecule has 0 bridgehead atoms. The van der Waals surface area contributed by atoms with E-state index in [-0.39, 0.29) is 6.61 Å². The van der Waals surface area contributed by atoms with Gasteiger partial charge in [0.2, 0.25) is 6.29 Å². The van der Waals surface area contributed by atoms with Crippen LogP contribution in [0.1, 0.15) is 20.8 Å². The first-order valence-corrected chi connectivity index (χ1v) is 6.99. The van der Waals surface area contributed by atoms with Gasteiger partial charge in [-0.05, 0) is 0 Å². The summed E-state index contributed by atoms with van der Waals surface area (Å²) in [5.74, 6) is -1.78. The van der Waals surface area contributed by atoms with Crippen molar-refractivity contribution in [3.05, 3.63) is 0 Å². The summed E-state index contributed by atoms with van der Waals surface area (Å²) in [6, 6.07) is 0. The third-order valence-corrected chi connectivity index (χ3v) is 3.08. The molecule has 1 heterocycles. The fraction of sp³-hybridized carbons (Fsp3) is 0.786. The Balaban J connectivity index is 3.13. The summed E-state index contributed by atoms with van der Waals surface area (Å²) in [4.78, 5) is 34.0. The molecule has 132 valence electrons. The normalized spacial score (nSPS) is 30.4. The van der Waals surface area contributed by atoms with Crippen molar-refractivity contribution in [3.63, 3.8) is 0 Å². The van der Waals surface area contributed by atoms with Gasteiger partial charge < -0.3 is 28.4 Å². The van der Waals surface area contributed by atoms with Crippen molar-refractivity contribution in [1.82, 2.24) is 0 Å². The van der Waals surface area contributed by atoms with Gasteiger partial charge in [0.15, 0.2) is 18.3 Å². The monoisotopic (exact) mass is 334 g/mol. The van der Waals surface area contributed by atoms with E-state index in [0.717, 1.165) is 0 Å². The Morgan fingerprint density at radius 1 is 0.826 bits per heavy atom. The number of esters is 3. The van der Waals surface area contributed by atoms with Crippen molar-refractivity contribution in [2.45, 2.75) is 51.5 Å². The maximum atomic E-state index is 11.4. The van der Waals surface area contributed by atoms with Gasteiger partial charge in [-0.3, -0.25) is 14.4 Å². The molecule has 1 rings (SSSR count). The van der Waals surface area contributed by atoms with Gasteiger partial charge in [-0.2, -0.15) is 0 Å². The van der Waals surface area contributed by atoms with E-state index in [4.69, 9.17) is 28.4 Å². The van der Waals surface area contributed by atoms with Crippen molar-refractivity contribution in [2.75, 3.05) is 20.8 Å². The average molecular weight is 334 g/mol. The molecular weight excluding hydrogens is 312 g/mol. The SMILES string of the molecule is COCC1O[C@H](OC(C)=O)C(OC)C(OC(C)=O)[C@@H]1OC(C)=O. The molecule has 0 spiro atoms. The van der Waals surface area contributed by atoms with Crippen molar-refractivity contribution in [3.8, 4) is 0 Å². The number of carbonyl (C=O) groups excluding carboxylic acids is 3. The zero-order chi connectivity index (χ0) is 17.6. The molecule has 9 heteroatoms. The van der Waals surface area contributed by atoms with Crippen LogP contribution in [0.5, 0.6) is 0 Å². The number of rotatable bonds is 6. The van der Waals surface area contributed by atoms with E-state index in [1.165, 1.54) is 35.0 Å². The molecule has 3 unspecified atom stereocenters. The van der Waals surface area contributed by atoms with E-state index < -0.39 is 48.6 Å². The molecule has 0 aliphatic carbocycles. The topological polar surface area (TPSA) is 107 Å². The third-order valence-electron chi connectivity index (χ3n) is 3.08. The number of hydrogen-bond donors (Lipinski definition) is 0. The second-order valence-electron chi connectivity index (χ2n) is 4.96. The molecule has 9 nitrogen and oxygen atoms in total. The van der Waals surface area contributed by atoms with Crippen LogP contribution in [-0.4, -0.2) is 69.4 Å². The summed E-state index contributed by atoms with van der Waals surface area (Å²) in [5, 5.41) is 0. The van der Waals surface area contributed by atoms with Crippen LogP contribution in [0.2, 0.25) is 0 Å². The minimum atomic E-state index is -1.13. The Bertz CT molecular complexity index is 436. The van der Waals surface area contributed by atoms with E-state index in [1.54, 1.807) is 0 Å². The standard InChI is InChI=1S/C14H22O9/c1-7(15)20-11-10(6-18-4)23-14(22-9(3)17)13(19-5)12(11)21-8(2)16/h10-14H,6H2,1-5H3/t10?,11-,12?,13?,14+/m1/s1. The fourth-order valence-electron chi connectivity index (χ4n) is 2.34. The molecule has 0 aromatic carbocycles. The number of methoxy groups -OCH3 is 2. The smallest absolute Gasteiger partial charge is 0.305 e. The van der Waals surface area contributed by atoms with Crippen molar-refractivity contribution < 1.29 is 42.8 Å². The average Bonchev–Trinajstić information content (AvgIpc) is 2.41. The summed E-state index contributed by atoms with van der Waals surface area (Å²) in [6.45, 7) is 3.66. The molecular formula is C14H22O9. The Morgan fingerprint density at radius 2 is 1.35 bits per heavy atom. The van der Waals surface area contributed by atoms with Gasteiger partial charge >= 0.3 is 17.9 Å². The number of carbonyl (C=O) groups is 3. The Hall–Kier alpha value is -1.71. The van der Waals surface area contributed by atoms with Gasteiger partial charge in [-0.1, -0.05) is 0 Å². The van der Waals surface area contributed by atoms with E-state index in [1.807, 2.05) is 0 Å². The minimum absolute atomic E-state index is 0.0317. The Kier molecular flexibility index (Phi) is 7.40. The van der Waals surface area contributed by atoms with Crippen LogP contribution >= 0.6 is 0 Å². The van der Waals surface area contributed by atoms with E-state index in [2.05, 4.69) is 0 Å². The van der Waals surface area contributed by atoms with E-state index in [0.29, 0.717) is 0 Å². The molecule has 5 atom stereocenters. The lowest BCUT2D eigenvalue weighted by Crippen LogP contribution is -2.62. The second-order valence-corrected chi connectivity index (χ2v) is 4.96. The van der Waals surface area contributed by atoms with Crippen LogP contribution in [0.4, 0.5) is 0 Å². The molecule has 0 amide bonds. The highest BCUT2D eigenvalue weighted by Gasteiger charge is 2.51. The lowest BCUT2D eigenvalue weighted by atomic mass is 9.98. The fourth-order valence-corrected chi connectivity index (χ4v) is 2.34. The van der Waals surface area contributed by atoms with Gasteiger partial charge in [0.1, 0.15) is 6.10 Å². The lowest BCUT2D eigenvalue weighted by Gasteiger charge is -2.43. The first kappa shape index (κ1) is 19.3. The van der Waals surface area contributed by atoms with Crippen molar-refractivity contribution in [2.24, 2.45) is 0 Å². The molecule has 1 saturated heterocycles. The molecule has 23 heavy (non-hydrogen) atoms. The number of ether oxygens (including phenoxy) is 6. The minimum Gasteiger partial charge on any atom is -0.456 e.